The molecule has 6 rings (SSSR count). The average Bonchev–Trinajstić information content (AvgIpc) is 3.28. The molecule has 0 bridgehead atoms. The second-order valence-corrected chi connectivity index (χ2v) is 11.1. The monoisotopic (exact) mass is 543 g/mol. The number of unbranched alkanes of at least 4 members (excludes halogenated alkanes) is 1. The minimum Gasteiger partial charge on any atom is -0.493 e. The van der Waals surface area contributed by atoms with Crippen LogP contribution in [0.1, 0.15) is 31.4 Å². The van der Waals surface area contributed by atoms with E-state index in [0.29, 0.717) is 51.0 Å². The number of nitrogens with one attached hydrogen (secondary N) is 2. The summed E-state index contributed by atoms with van der Waals surface area (Å²) in [6.07, 6.45) is 7.33. The first kappa shape index (κ1) is 25.2. The minimum absolute atomic E-state index is 0.0769. The van der Waals surface area contributed by atoms with Crippen molar-refractivity contribution in [3.05, 3.63) is 70.4 Å². The van der Waals surface area contributed by atoms with Crippen molar-refractivity contribution in [2.24, 2.45) is 0 Å². The number of aromatic nitrogens is 2. The molecule has 0 atom stereocenters. The van der Waals surface area contributed by atoms with Gasteiger partial charge in [0.05, 0.1) is 33.8 Å². The van der Waals surface area contributed by atoms with Gasteiger partial charge in [-0.2, -0.15) is 8.42 Å². The molecule has 1 aliphatic rings. The van der Waals surface area contributed by atoms with Crippen molar-refractivity contribution < 1.29 is 17.0 Å². The van der Waals surface area contributed by atoms with Gasteiger partial charge in [0.25, 0.3) is 0 Å². The molecule has 198 valence electrons. The third-order valence-corrected chi connectivity index (χ3v) is 8.14. The van der Waals surface area contributed by atoms with E-state index in [1.165, 1.54) is 18.2 Å². The quantitative estimate of drug-likeness (QED) is 0.166. The summed E-state index contributed by atoms with van der Waals surface area (Å²) in [5, 5.41) is 5.15. The van der Waals surface area contributed by atoms with Crippen LogP contribution in [0.3, 0.4) is 0 Å². The zero-order chi connectivity index (χ0) is 27.3. The maximum atomic E-state index is 14.0. The number of H-pyrrole nitrogens is 1. The van der Waals surface area contributed by atoms with Crippen LogP contribution >= 0.6 is 0 Å². The number of terminal acetylenes is 1. The Hall–Kier alpha value is -4.13. The summed E-state index contributed by atoms with van der Waals surface area (Å²) in [5.74, 6) is 3.08. The fourth-order valence-electron chi connectivity index (χ4n) is 5.21. The molecule has 7 nitrogen and oxygen atoms in total. The van der Waals surface area contributed by atoms with Gasteiger partial charge in [-0.1, -0.05) is 37.5 Å². The molecule has 9 heteroatoms. The topological polar surface area (TPSA) is 93.2 Å². The molecule has 0 radical (unpaired) electrons. The first-order chi connectivity index (χ1) is 18.8. The van der Waals surface area contributed by atoms with E-state index in [1.807, 2.05) is 31.2 Å². The predicted molar refractivity (Wildman–Crippen MR) is 152 cm³/mol. The van der Waals surface area contributed by atoms with E-state index >= 15 is 0 Å². The molecule has 5 aromatic rings. The van der Waals surface area contributed by atoms with Crippen molar-refractivity contribution >= 4 is 43.1 Å². The van der Waals surface area contributed by atoms with Crippen molar-refractivity contribution in [1.29, 1.82) is 0 Å². The lowest BCUT2D eigenvalue weighted by molar-refractivity contribution is 0.311. The third-order valence-electron chi connectivity index (χ3n) is 7.32. The van der Waals surface area contributed by atoms with E-state index in [9.17, 15) is 17.1 Å². The summed E-state index contributed by atoms with van der Waals surface area (Å²) in [7, 11) is -4.91. The summed E-state index contributed by atoms with van der Waals surface area (Å²) < 4.78 is 45.5. The number of hydrogen-bond donors (Lipinski definition) is 2. The molecule has 0 aliphatic carbocycles. The summed E-state index contributed by atoms with van der Waals surface area (Å²) in [4.78, 5) is 17.0. The normalized spacial score (nSPS) is 14.1. The molecule has 39 heavy (non-hydrogen) atoms. The van der Waals surface area contributed by atoms with Gasteiger partial charge in [0.1, 0.15) is 11.4 Å². The molecule has 1 saturated heterocycles. The number of ether oxygens (including phenoxy) is 1. The molecule has 2 N–H and O–H groups in total. The predicted octanol–water partition coefficient (Wildman–Crippen LogP) is 5.27. The van der Waals surface area contributed by atoms with E-state index in [1.54, 1.807) is 12.1 Å². The van der Waals surface area contributed by atoms with Crippen LogP contribution in [0.15, 0.2) is 64.3 Å². The third kappa shape index (κ3) is 4.26. The first-order valence-electron chi connectivity index (χ1n) is 12.8. The lowest BCUT2D eigenvalue weighted by Gasteiger charge is -2.32. The van der Waals surface area contributed by atoms with Crippen molar-refractivity contribution in [1.82, 2.24) is 14.9 Å². The SMILES string of the molecule is C#Cc1ccc2c(c1)[nH]c1c2c(=O)c2cc(OCCCC)c(-c3cccc(S(=O)(=O)F)c3)cc2n1C1CNC1. The fourth-order valence-corrected chi connectivity index (χ4v) is 5.72. The van der Waals surface area contributed by atoms with Gasteiger partial charge >= 0.3 is 10.2 Å². The summed E-state index contributed by atoms with van der Waals surface area (Å²) in [6.45, 7) is 3.90. The number of hydrogen-bond acceptors (Lipinski definition) is 5. The first-order valence-corrected chi connectivity index (χ1v) is 14.2. The molecular formula is C30H26FN3O4S. The van der Waals surface area contributed by atoms with Crippen molar-refractivity contribution in [2.45, 2.75) is 30.7 Å². The fraction of sp³-hybridized carbons (Fsp3) is 0.233. The molecule has 0 spiro atoms. The highest BCUT2D eigenvalue weighted by atomic mass is 32.3. The highest BCUT2D eigenvalue weighted by Crippen LogP contribution is 2.38. The molecule has 2 aromatic heterocycles. The molecule has 0 unspecified atom stereocenters. The van der Waals surface area contributed by atoms with E-state index in [0.717, 1.165) is 36.8 Å². The van der Waals surface area contributed by atoms with Gasteiger partial charge in [0, 0.05) is 35.1 Å². The van der Waals surface area contributed by atoms with Crippen LogP contribution < -0.4 is 15.5 Å². The largest absolute Gasteiger partial charge is 0.493 e. The Morgan fingerprint density at radius 3 is 2.64 bits per heavy atom. The molecule has 3 aromatic carbocycles. The minimum atomic E-state index is -4.91. The number of nitrogens with zero attached hydrogens (tertiary/aromatic N) is 1. The number of aromatic amines is 1. The molecule has 3 heterocycles. The van der Waals surface area contributed by atoms with Gasteiger partial charge < -0.3 is 19.6 Å². The Kier molecular flexibility index (Phi) is 6.17. The number of benzene rings is 3. The van der Waals surface area contributed by atoms with E-state index in [-0.39, 0.29) is 11.5 Å². The van der Waals surface area contributed by atoms with Crippen molar-refractivity contribution in [3.8, 4) is 29.2 Å². The summed E-state index contributed by atoms with van der Waals surface area (Å²) >= 11 is 0. The highest BCUT2D eigenvalue weighted by Gasteiger charge is 2.26. The maximum Gasteiger partial charge on any atom is 0.332 e. The van der Waals surface area contributed by atoms with Gasteiger partial charge in [-0.05, 0) is 48.4 Å². The zero-order valence-corrected chi connectivity index (χ0v) is 22.1. The van der Waals surface area contributed by atoms with Crippen LogP contribution in [0.5, 0.6) is 5.75 Å². The highest BCUT2D eigenvalue weighted by molar-refractivity contribution is 7.86. The van der Waals surface area contributed by atoms with Crippen LogP contribution in [-0.2, 0) is 10.2 Å². The lowest BCUT2D eigenvalue weighted by Crippen LogP contribution is -2.44. The Bertz CT molecular complexity index is 1980. The van der Waals surface area contributed by atoms with Gasteiger partial charge in [0.15, 0.2) is 5.43 Å². The maximum absolute atomic E-state index is 14.0. The second-order valence-electron chi connectivity index (χ2n) is 9.80. The Labute approximate surface area is 224 Å². The Balaban J connectivity index is 1.70. The van der Waals surface area contributed by atoms with Crippen LogP contribution in [0.2, 0.25) is 0 Å². The molecule has 1 fully saturated rings. The number of halogens is 1. The molecular weight excluding hydrogens is 517 g/mol. The Morgan fingerprint density at radius 2 is 1.95 bits per heavy atom. The number of rotatable bonds is 7. The summed E-state index contributed by atoms with van der Waals surface area (Å²) in [5.41, 5.74) is 3.75. The molecule has 0 amide bonds. The Morgan fingerprint density at radius 1 is 1.13 bits per heavy atom. The van der Waals surface area contributed by atoms with E-state index in [4.69, 9.17) is 11.2 Å². The lowest BCUT2D eigenvalue weighted by atomic mass is 9.99. The van der Waals surface area contributed by atoms with Crippen LogP contribution in [0.25, 0.3) is 44.0 Å². The zero-order valence-electron chi connectivity index (χ0n) is 21.3. The second kappa shape index (κ2) is 9.56. The standard InChI is InChI=1S/C30H26FN3O4S/c1-3-5-11-38-27-15-24-26(14-23(27)19-7-6-8-21(13-19)39(31,36)37)34(20-16-32-17-20)30-28(29(24)35)22-10-9-18(4-2)12-25(22)33-30/h2,6-10,12-15,20,32-33H,3,5,11,16-17H2,1H3. The van der Waals surface area contributed by atoms with Gasteiger partial charge in [-0.3, -0.25) is 4.79 Å². The van der Waals surface area contributed by atoms with Crippen LogP contribution in [-0.4, -0.2) is 37.7 Å². The average molecular weight is 544 g/mol. The van der Waals surface area contributed by atoms with Crippen LogP contribution in [0, 0.1) is 12.3 Å². The van der Waals surface area contributed by atoms with Gasteiger partial charge in [0.2, 0.25) is 0 Å². The van der Waals surface area contributed by atoms with Gasteiger partial charge in [-0.15, -0.1) is 10.3 Å². The van der Waals surface area contributed by atoms with E-state index < -0.39 is 15.1 Å². The van der Waals surface area contributed by atoms with Crippen molar-refractivity contribution in [3.63, 3.8) is 0 Å². The van der Waals surface area contributed by atoms with E-state index in [2.05, 4.69) is 20.8 Å². The number of pyridine rings is 1. The smallest absolute Gasteiger partial charge is 0.332 e. The molecule has 1 aliphatic heterocycles. The van der Waals surface area contributed by atoms with Crippen molar-refractivity contribution in [2.75, 3.05) is 19.7 Å². The summed E-state index contributed by atoms with van der Waals surface area (Å²) in [6, 6.07) is 14.9. The number of fused-ring (bicyclic) bond motifs is 4. The van der Waals surface area contributed by atoms with Gasteiger partial charge in [-0.25, -0.2) is 0 Å². The molecule has 0 saturated carbocycles. The van der Waals surface area contributed by atoms with Crippen LogP contribution in [0.4, 0.5) is 3.89 Å².